The van der Waals surface area contributed by atoms with E-state index >= 15 is 0 Å². The van der Waals surface area contributed by atoms with Gasteiger partial charge in [-0.3, -0.25) is 0 Å². The zero-order valence-electron chi connectivity index (χ0n) is 6.47. The van der Waals surface area contributed by atoms with Crippen molar-refractivity contribution in [3.63, 3.8) is 0 Å². The lowest BCUT2D eigenvalue weighted by molar-refractivity contribution is 1.42. The molecule has 0 amide bonds. The molecule has 2 rings (SSSR count). The Balaban J connectivity index is 2.93. The second kappa shape index (κ2) is 2.71. The molecular weight excluding hydrogens is 236 g/mol. The van der Waals surface area contributed by atoms with Gasteiger partial charge in [0.2, 0.25) is 0 Å². The van der Waals surface area contributed by atoms with Gasteiger partial charge in [-0.15, -0.1) is 0 Å². The fraction of sp³-hybridized carbons (Fsp3) is 0.125. The molecular formula is C8H7BrN2S. The largest absolute Gasteiger partial charge is 0.375 e. The van der Waals surface area contributed by atoms with E-state index < -0.39 is 0 Å². The molecule has 2 nitrogen and oxygen atoms in total. The van der Waals surface area contributed by atoms with E-state index in [0.717, 1.165) is 14.7 Å². The topological polar surface area (TPSA) is 38.9 Å². The van der Waals surface area contributed by atoms with E-state index in [-0.39, 0.29) is 0 Å². The second-order valence-electron chi connectivity index (χ2n) is 2.59. The number of fused-ring (bicyclic) bond motifs is 1. The number of hydrogen-bond acceptors (Lipinski definition) is 3. The monoisotopic (exact) mass is 242 g/mol. The number of nitrogens with two attached hydrogens (primary N) is 1. The summed E-state index contributed by atoms with van der Waals surface area (Å²) in [4.78, 5) is 4.24. The van der Waals surface area contributed by atoms with Crippen LogP contribution in [-0.4, -0.2) is 4.98 Å². The van der Waals surface area contributed by atoms with Gasteiger partial charge in [-0.1, -0.05) is 17.4 Å². The van der Waals surface area contributed by atoms with Crippen LogP contribution in [0.25, 0.3) is 10.2 Å². The number of rotatable bonds is 0. The van der Waals surface area contributed by atoms with E-state index in [9.17, 15) is 0 Å². The van der Waals surface area contributed by atoms with Crippen LogP contribution >= 0.6 is 27.3 Å². The summed E-state index contributed by atoms with van der Waals surface area (Å²) in [6.45, 7) is 2.04. The molecule has 0 bridgehead atoms. The Labute approximate surface area is 82.5 Å². The predicted molar refractivity (Wildman–Crippen MR) is 56.5 cm³/mol. The minimum Gasteiger partial charge on any atom is -0.375 e. The second-order valence-corrected chi connectivity index (χ2v) is 4.48. The van der Waals surface area contributed by atoms with Gasteiger partial charge in [0.15, 0.2) is 5.13 Å². The van der Waals surface area contributed by atoms with E-state index in [4.69, 9.17) is 5.73 Å². The Kier molecular flexibility index (Phi) is 1.81. The normalized spacial score (nSPS) is 10.8. The Morgan fingerprint density at radius 3 is 2.92 bits per heavy atom. The maximum absolute atomic E-state index is 5.61. The lowest BCUT2D eigenvalue weighted by Crippen LogP contribution is -1.81. The molecule has 62 valence electrons. The number of nitrogen functional groups attached to an aromatic ring is 1. The van der Waals surface area contributed by atoms with Crippen molar-refractivity contribution in [2.75, 3.05) is 5.73 Å². The molecule has 0 radical (unpaired) electrons. The van der Waals surface area contributed by atoms with Gasteiger partial charge in [0, 0.05) is 4.47 Å². The van der Waals surface area contributed by atoms with E-state index in [1.807, 2.05) is 19.1 Å². The molecule has 1 heterocycles. The van der Waals surface area contributed by atoms with E-state index in [1.54, 1.807) is 0 Å². The Morgan fingerprint density at radius 1 is 1.50 bits per heavy atom. The van der Waals surface area contributed by atoms with Crippen LogP contribution in [0, 0.1) is 6.92 Å². The highest BCUT2D eigenvalue weighted by Crippen LogP contribution is 2.32. The summed E-state index contributed by atoms with van der Waals surface area (Å²) < 4.78 is 2.20. The van der Waals surface area contributed by atoms with Crippen LogP contribution in [0.4, 0.5) is 5.13 Å². The minimum atomic E-state index is 0.625. The quantitative estimate of drug-likeness (QED) is 0.772. The molecule has 0 saturated heterocycles. The van der Waals surface area contributed by atoms with Crippen molar-refractivity contribution >= 4 is 42.6 Å². The first-order valence-electron chi connectivity index (χ1n) is 3.49. The average molecular weight is 243 g/mol. The van der Waals surface area contributed by atoms with Gasteiger partial charge < -0.3 is 5.73 Å². The van der Waals surface area contributed by atoms with Gasteiger partial charge in [-0.2, -0.15) is 0 Å². The summed E-state index contributed by atoms with van der Waals surface area (Å²) in [6.07, 6.45) is 0. The summed E-state index contributed by atoms with van der Waals surface area (Å²) in [5.41, 5.74) is 7.79. The number of aromatic nitrogens is 1. The van der Waals surface area contributed by atoms with Crippen LogP contribution in [0.2, 0.25) is 0 Å². The SMILES string of the molecule is Cc1ccc(Br)c2sc(N)nc12. The zero-order chi connectivity index (χ0) is 8.72. The van der Waals surface area contributed by atoms with E-state index in [1.165, 1.54) is 16.9 Å². The molecule has 0 aliphatic carbocycles. The third-order valence-corrected chi connectivity index (χ3v) is 3.55. The molecule has 0 saturated carbocycles. The highest BCUT2D eigenvalue weighted by Gasteiger charge is 2.06. The van der Waals surface area contributed by atoms with Gasteiger partial charge in [0.1, 0.15) is 0 Å². The molecule has 2 N–H and O–H groups in total. The molecule has 0 aliphatic rings. The number of halogens is 1. The number of benzene rings is 1. The van der Waals surface area contributed by atoms with Crippen molar-refractivity contribution in [1.82, 2.24) is 4.98 Å². The minimum absolute atomic E-state index is 0.625. The first kappa shape index (κ1) is 8.01. The molecule has 1 aromatic heterocycles. The molecule has 12 heavy (non-hydrogen) atoms. The number of hydrogen-bond donors (Lipinski definition) is 1. The fourth-order valence-corrected chi connectivity index (χ4v) is 2.50. The summed E-state index contributed by atoms with van der Waals surface area (Å²) >= 11 is 4.97. The number of anilines is 1. The molecule has 0 unspecified atom stereocenters. The first-order valence-corrected chi connectivity index (χ1v) is 5.10. The summed E-state index contributed by atoms with van der Waals surface area (Å²) in [5.74, 6) is 0. The maximum atomic E-state index is 5.61. The fourth-order valence-electron chi connectivity index (χ4n) is 1.12. The third-order valence-electron chi connectivity index (χ3n) is 1.71. The molecule has 0 fully saturated rings. The molecule has 0 spiro atoms. The van der Waals surface area contributed by atoms with E-state index in [2.05, 4.69) is 20.9 Å². The lowest BCUT2D eigenvalue weighted by atomic mass is 10.2. The first-order chi connectivity index (χ1) is 5.68. The lowest BCUT2D eigenvalue weighted by Gasteiger charge is -1.94. The van der Waals surface area contributed by atoms with Crippen molar-refractivity contribution in [2.45, 2.75) is 6.92 Å². The zero-order valence-corrected chi connectivity index (χ0v) is 8.87. The van der Waals surface area contributed by atoms with Crippen LogP contribution in [0.5, 0.6) is 0 Å². The molecule has 2 aromatic rings. The smallest absolute Gasteiger partial charge is 0.181 e. The van der Waals surface area contributed by atoms with Crippen LogP contribution in [-0.2, 0) is 0 Å². The van der Waals surface area contributed by atoms with Crippen molar-refractivity contribution in [3.05, 3.63) is 22.2 Å². The summed E-state index contributed by atoms with van der Waals surface area (Å²) in [7, 11) is 0. The van der Waals surface area contributed by atoms with Gasteiger partial charge in [0.05, 0.1) is 10.2 Å². The predicted octanol–water partition coefficient (Wildman–Crippen LogP) is 2.95. The Morgan fingerprint density at radius 2 is 2.25 bits per heavy atom. The molecule has 4 heteroatoms. The van der Waals surface area contributed by atoms with Crippen LogP contribution < -0.4 is 5.73 Å². The number of nitrogens with zero attached hydrogens (tertiary/aromatic N) is 1. The van der Waals surface area contributed by atoms with Gasteiger partial charge in [-0.25, -0.2) is 4.98 Å². The number of aryl methyl sites for hydroxylation is 1. The maximum Gasteiger partial charge on any atom is 0.181 e. The Bertz CT molecular complexity index is 397. The number of thiazole rings is 1. The van der Waals surface area contributed by atoms with Crippen molar-refractivity contribution in [1.29, 1.82) is 0 Å². The average Bonchev–Trinajstić information content (AvgIpc) is 2.41. The van der Waals surface area contributed by atoms with Crippen LogP contribution in [0.3, 0.4) is 0 Å². The van der Waals surface area contributed by atoms with Crippen molar-refractivity contribution in [3.8, 4) is 0 Å². The van der Waals surface area contributed by atoms with Gasteiger partial charge in [-0.05, 0) is 34.5 Å². The molecule has 0 aliphatic heterocycles. The third kappa shape index (κ3) is 1.11. The summed E-state index contributed by atoms with van der Waals surface area (Å²) in [6, 6.07) is 4.06. The van der Waals surface area contributed by atoms with Crippen molar-refractivity contribution < 1.29 is 0 Å². The van der Waals surface area contributed by atoms with Gasteiger partial charge >= 0.3 is 0 Å². The van der Waals surface area contributed by atoms with Crippen LogP contribution in [0.15, 0.2) is 16.6 Å². The van der Waals surface area contributed by atoms with Gasteiger partial charge in [0.25, 0.3) is 0 Å². The van der Waals surface area contributed by atoms with Crippen LogP contribution in [0.1, 0.15) is 5.56 Å². The highest BCUT2D eigenvalue weighted by atomic mass is 79.9. The standard InChI is InChI=1S/C8H7BrN2S/c1-4-2-3-5(9)7-6(4)11-8(10)12-7/h2-3H,1H3,(H2,10,11). The summed E-state index contributed by atoms with van der Waals surface area (Å²) in [5, 5.41) is 0.625. The molecule has 1 aromatic carbocycles. The Hall–Kier alpha value is -0.610. The highest BCUT2D eigenvalue weighted by molar-refractivity contribution is 9.10. The molecule has 0 atom stereocenters. The van der Waals surface area contributed by atoms with Crippen molar-refractivity contribution in [2.24, 2.45) is 0 Å². The van der Waals surface area contributed by atoms with E-state index in [0.29, 0.717) is 5.13 Å².